The second-order valence-corrected chi connectivity index (χ2v) is 8.16. The molecule has 0 unspecified atom stereocenters. The Kier molecular flexibility index (Phi) is 7.62. The molecule has 2 heterocycles. The number of aliphatic hydroxyl groups is 1. The minimum atomic E-state index is -0.803. The number of hydrogen-bond acceptors (Lipinski definition) is 6. The Balaban J connectivity index is 1.97. The predicted molar refractivity (Wildman–Crippen MR) is 124 cm³/mol. The number of nitrogens with zero attached hydrogens (tertiary/aromatic N) is 3. The highest BCUT2D eigenvalue weighted by Crippen LogP contribution is 2.26. The van der Waals surface area contributed by atoms with Crippen molar-refractivity contribution >= 4 is 22.8 Å². The van der Waals surface area contributed by atoms with Crippen LogP contribution < -0.4 is 10.9 Å². The first-order valence-electron chi connectivity index (χ1n) is 10.7. The van der Waals surface area contributed by atoms with Crippen molar-refractivity contribution in [1.82, 2.24) is 19.8 Å². The number of fused-ring (bicyclic) bond motifs is 1. The van der Waals surface area contributed by atoms with Crippen molar-refractivity contribution in [3.63, 3.8) is 0 Å². The summed E-state index contributed by atoms with van der Waals surface area (Å²) >= 11 is 0. The van der Waals surface area contributed by atoms with Crippen molar-refractivity contribution in [3.8, 4) is 5.75 Å². The van der Waals surface area contributed by atoms with Crippen molar-refractivity contribution in [2.45, 2.75) is 19.3 Å². The number of pyridine rings is 2. The van der Waals surface area contributed by atoms with Crippen molar-refractivity contribution in [2.24, 2.45) is 7.05 Å². The predicted octanol–water partition coefficient (Wildman–Crippen LogP) is 1.11. The summed E-state index contributed by atoms with van der Waals surface area (Å²) in [5.74, 6) is -1.80. The Morgan fingerprint density at radius 2 is 1.94 bits per heavy atom. The van der Waals surface area contributed by atoms with Gasteiger partial charge in [-0.2, -0.15) is 0 Å². The number of aryl methyl sites for hydroxylation is 2. The lowest BCUT2D eigenvalue weighted by atomic mass is 9.97. The number of aromatic hydroxyl groups is 1. The monoisotopic (exact) mass is 470 g/mol. The number of carbonyl (C=O) groups excluding carboxylic acids is 2. The molecule has 1 aromatic carbocycles. The smallest absolute Gasteiger partial charge is 0.267 e. The molecule has 2 aromatic heterocycles. The van der Waals surface area contributed by atoms with E-state index in [1.165, 1.54) is 34.8 Å². The van der Waals surface area contributed by atoms with E-state index in [-0.39, 0.29) is 31.0 Å². The average Bonchev–Trinajstić information content (AvgIpc) is 2.81. The van der Waals surface area contributed by atoms with Crippen LogP contribution in [0.5, 0.6) is 5.75 Å². The van der Waals surface area contributed by atoms with E-state index in [0.717, 1.165) is 5.56 Å². The maximum atomic E-state index is 13.9. The summed E-state index contributed by atoms with van der Waals surface area (Å²) in [5.41, 5.74) is 1.46. The third-order valence-electron chi connectivity index (χ3n) is 5.56. The van der Waals surface area contributed by atoms with Crippen LogP contribution in [0.2, 0.25) is 0 Å². The van der Waals surface area contributed by atoms with Gasteiger partial charge in [-0.15, -0.1) is 0 Å². The Bertz CT molecular complexity index is 1300. The second kappa shape index (κ2) is 10.4. The maximum absolute atomic E-state index is 13.9. The van der Waals surface area contributed by atoms with E-state index in [4.69, 9.17) is 5.11 Å². The molecule has 3 N–H and O–H groups in total. The summed E-state index contributed by atoms with van der Waals surface area (Å²) in [6.07, 6.45) is 2.49. The normalized spacial score (nSPS) is 11.0. The van der Waals surface area contributed by atoms with Crippen LogP contribution in [0.25, 0.3) is 11.0 Å². The fourth-order valence-corrected chi connectivity index (χ4v) is 3.67. The number of amides is 2. The Labute approximate surface area is 195 Å². The zero-order valence-corrected chi connectivity index (χ0v) is 19.3. The molecule has 0 radical (unpaired) electrons. The summed E-state index contributed by atoms with van der Waals surface area (Å²) in [5, 5.41) is 21.8. The number of aromatic nitrogens is 2. The molecule has 180 valence electrons. The minimum absolute atomic E-state index is 0.0631. The van der Waals surface area contributed by atoms with E-state index in [0.29, 0.717) is 29.5 Å². The molecule has 3 rings (SSSR count). The van der Waals surface area contributed by atoms with E-state index in [2.05, 4.69) is 10.3 Å². The van der Waals surface area contributed by atoms with Gasteiger partial charge in [0.05, 0.1) is 12.1 Å². The largest absolute Gasteiger partial charge is 0.505 e. The second-order valence-electron chi connectivity index (χ2n) is 8.16. The van der Waals surface area contributed by atoms with E-state index in [1.54, 1.807) is 26.2 Å². The first-order chi connectivity index (χ1) is 16.1. The quantitative estimate of drug-likeness (QED) is 0.453. The number of rotatable bonds is 8. The summed E-state index contributed by atoms with van der Waals surface area (Å²) in [6.45, 7) is -0.372. The molecule has 9 nitrogen and oxygen atoms in total. The molecule has 0 aliphatic carbocycles. The first-order valence-corrected chi connectivity index (χ1v) is 10.7. The lowest BCUT2D eigenvalue weighted by Crippen LogP contribution is -2.34. The van der Waals surface area contributed by atoms with Gasteiger partial charge in [0.2, 0.25) is 5.91 Å². The van der Waals surface area contributed by atoms with E-state index in [1.807, 2.05) is 0 Å². The van der Waals surface area contributed by atoms with Crippen LogP contribution in [-0.4, -0.2) is 63.7 Å². The molecule has 0 aliphatic rings. The van der Waals surface area contributed by atoms with Crippen molar-refractivity contribution in [1.29, 1.82) is 0 Å². The molecule has 0 bridgehead atoms. The van der Waals surface area contributed by atoms with E-state index < -0.39 is 28.6 Å². The fourth-order valence-electron chi connectivity index (χ4n) is 3.67. The van der Waals surface area contributed by atoms with Crippen LogP contribution in [0.15, 0.2) is 35.3 Å². The third kappa shape index (κ3) is 5.23. The standard InChI is InChI=1S/C24H27FN4O5/c1-28(2)19(31)7-5-16-12-17(25)6-4-15(16)10-14-11-18-21(27-13-14)22(32)20(24(34)29(18)3)23(33)26-8-9-30/h4,6,11-13,30,32H,5,7-10H2,1-3H3,(H,26,33). The number of aliphatic hydroxyl groups excluding tert-OH is 1. The van der Waals surface area contributed by atoms with Gasteiger partial charge < -0.3 is 25.0 Å². The molecule has 34 heavy (non-hydrogen) atoms. The van der Waals surface area contributed by atoms with E-state index >= 15 is 0 Å². The zero-order valence-electron chi connectivity index (χ0n) is 19.3. The SMILES string of the molecule is CN(C)C(=O)CCc1cc(F)ccc1Cc1cnc2c(O)c(C(=O)NCCO)c(=O)n(C)c2c1. The lowest BCUT2D eigenvalue weighted by molar-refractivity contribution is -0.128. The number of carbonyl (C=O) groups is 2. The van der Waals surface area contributed by atoms with Crippen LogP contribution in [0.3, 0.4) is 0 Å². The molecule has 2 amide bonds. The summed E-state index contributed by atoms with van der Waals surface area (Å²) in [7, 11) is 4.79. The molecule has 3 aromatic rings. The topological polar surface area (TPSA) is 125 Å². The first kappa shape index (κ1) is 24.8. The van der Waals surface area contributed by atoms with Crippen molar-refractivity contribution in [2.75, 3.05) is 27.2 Å². The fraction of sp³-hybridized carbons (Fsp3) is 0.333. The maximum Gasteiger partial charge on any atom is 0.267 e. The van der Waals surface area contributed by atoms with Crippen LogP contribution in [0, 0.1) is 5.82 Å². The van der Waals surface area contributed by atoms with Gasteiger partial charge in [0.1, 0.15) is 16.9 Å². The molecule has 0 aliphatic heterocycles. The molecule has 0 fully saturated rings. The number of halogens is 1. The molecule has 10 heteroatoms. The van der Waals surface area contributed by atoms with Crippen LogP contribution in [0.1, 0.15) is 33.5 Å². The van der Waals surface area contributed by atoms with Crippen LogP contribution >= 0.6 is 0 Å². The van der Waals surface area contributed by atoms with Gasteiger partial charge in [-0.1, -0.05) is 6.07 Å². The van der Waals surface area contributed by atoms with E-state index in [9.17, 15) is 23.9 Å². The minimum Gasteiger partial charge on any atom is -0.505 e. The molecular formula is C24H27FN4O5. The Hall–Kier alpha value is -3.79. The van der Waals surface area contributed by atoms with Crippen molar-refractivity contribution in [3.05, 3.63) is 68.9 Å². The third-order valence-corrected chi connectivity index (χ3v) is 5.56. The molecule has 0 saturated heterocycles. The average molecular weight is 471 g/mol. The van der Waals surface area contributed by atoms with Gasteiger partial charge in [-0.05, 0) is 47.7 Å². The van der Waals surface area contributed by atoms with Crippen LogP contribution in [0.4, 0.5) is 4.39 Å². The zero-order chi connectivity index (χ0) is 25.0. The summed E-state index contributed by atoms with van der Waals surface area (Å²) in [6, 6.07) is 6.09. The van der Waals surface area contributed by atoms with Gasteiger partial charge >= 0.3 is 0 Å². The highest BCUT2D eigenvalue weighted by atomic mass is 19.1. The van der Waals surface area contributed by atoms with Gasteiger partial charge in [-0.3, -0.25) is 19.4 Å². The van der Waals surface area contributed by atoms with Gasteiger partial charge in [0.25, 0.3) is 11.5 Å². The molecule has 0 atom stereocenters. The van der Waals surface area contributed by atoms with Crippen molar-refractivity contribution < 1.29 is 24.2 Å². The van der Waals surface area contributed by atoms with Gasteiger partial charge in [0.15, 0.2) is 5.75 Å². The number of hydrogen-bond donors (Lipinski definition) is 3. The Morgan fingerprint density at radius 3 is 2.62 bits per heavy atom. The highest BCUT2D eigenvalue weighted by Gasteiger charge is 2.22. The van der Waals surface area contributed by atoms with Gasteiger partial charge in [-0.25, -0.2) is 4.39 Å². The number of nitrogens with one attached hydrogen (secondary N) is 1. The van der Waals surface area contributed by atoms with Gasteiger partial charge in [0, 0.05) is 40.3 Å². The number of benzene rings is 1. The molecule has 0 spiro atoms. The lowest BCUT2D eigenvalue weighted by Gasteiger charge is -2.14. The molecular weight excluding hydrogens is 443 g/mol. The molecule has 0 saturated carbocycles. The Morgan fingerprint density at radius 1 is 1.21 bits per heavy atom. The highest BCUT2D eigenvalue weighted by molar-refractivity contribution is 6.01. The summed E-state index contributed by atoms with van der Waals surface area (Å²) < 4.78 is 15.1. The summed E-state index contributed by atoms with van der Waals surface area (Å²) in [4.78, 5) is 42.8. The van der Waals surface area contributed by atoms with Crippen LogP contribution in [-0.2, 0) is 24.7 Å².